The molecule has 0 spiro atoms. The number of H-pyrrole nitrogens is 1. The van der Waals surface area contributed by atoms with Crippen LogP contribution in [0.1, 0.15) is 18.2 Å². The van der Waals surface area contributed by atoms with E-state index < -0.39 is 37.4 Å². The number of nitrogens with one attached hydrogen (secondary N) is 1. The van der Waals surface area contributed by atoms with Gasteiger partial charge in [-0.15, -0.1) is 0 Å². The molecular formula is C10H16N5O8P. The minimum Gasteiger partial charge on any atom is -0.394 e. The summed E-state index contributed by atoms with van der Waals surface area (Å²) < 4.78 is 15.6. The van der Waals surface area contributed by atoms with Crippen molar-refractivity contribution in [1.82, 2.24) is 9.55 Å². The van der Waals surface area contributed by atoms with Gasteiger partial charge in [-0.3, -0.25) is 14.3 Å². The number of nitrogens with zero attached hydrogens (tertiary/aromatic N) is 4. The number of aliphatic hydroxyl groups is 1. The van der Waals surface area contributed by atoms with Gasteiger partial charge in [-0.25, -0.2) is 9.36 Å². The number of hydrogen-bond donors (Lipinski definition) is 5. The van der Waals surface area contributed by atoms with Crippen LogP contribution in [0.25, 0.3) is 10.4 Å². The van der Waals surface area contributed by atoms with Gasteiger partial charge in [-0.2, -0.15) is 0 Å². The highest BCUT2D eigenvalue weighted by Crippen LogP contribution is 2.29. The molecule has 0 aliphatic carbocycles. The van der Waals surface area contributed by atoms with E-state index in [9.17, 15) is 9.59 Å². The van der Waals surface area contributed by atoms with Crippen LogP contribution in [0.2, 0.25) is 0 Å². The van der Waals surface area contributed by atoms with Gasteiger partial charge in [0.2, 0.25) is 0 Å². The molecule has 5 N–H and O–H groups in total. The van der Waals surface area contributed by atoms with E-state index in [0.29, 0.717) is 5.56 Å². The van der Waals surface area contributed by atoms with Crippen LogP contribution in [0.3, 0.4) is 0 Å². The molecule has 0 amide bonds. The van der Waals surface area contributed by atoms with Crippen LogP contribution in [-0.4, -0.2) is 48.1 Å². The van der Waals surface area contributed by atoms with Gasteiger partial charge < -0.3 is 24.5 Å². The van der Waals surface area contributed by atoms with Gasteiger partial charge in [0, 0.05) is 23.1 Å². The fraction of sp³-hybridized carbons (Fsp3) is 0.600. The van der Waals surface area contributed by atoms with E-state index in [1.807, 2.05) is 0 Å². The Morgan fingerprint density at radius 2 is 2.08 bits per heavy atom. The molecule has 0 saturated carbocycles. The van der Waals surface area contributed by atoms with Gasteiger partial charge >= 0.3 is 13.5 Å². The van der Waals surface area contributed by atoms with E-state index in [4.69, 9.17) is 34.6 Å². The molecule has 24 heavy (non-hydrogen) atoms. The van der Waals surface area contributed by atoms with Gasteiger partial charge in [0.15, 0.2) is 0 Å². The zero-order valence-electron chi connectivity index (χ0n) is 12.4. The van der Waals surface area contributed by atoms with Crippen molar-refractivity contribution in [2.75, 3.05) is 6.61 Å². The second-order valence-corrected chi connectivity index (χ2v) is 5.84. The molecule has 0 bridgehead atoms. The number of aryl methyl sites for hydroxylation is 1. The summed E-state index contributed by atoms with van der Waals surface area (Å²) in [7, 11) is -4.64. The highest BCUT2D eigenvalue weighted by atomic mass is 31.2. The van der Waals surface area contributed by atoms with Crippen molar-refractivity contribution in [3.63, 3.8) is 0 Å². The van der Waals surface area contributed by atoms with Crippen LogP contribution in [0.5, 0.6) is 0 Å². The fourth-order valence-corrected chi connectivity index (χ4v) is 2.04. The van der Waals surface area contributed by atoms with Crippen LogP contribution >= 0.6 is 7.82 Å². The number of rotatable bonds is 3. The summed E-state index contributed by atoms with van der Waals surface area (Å²) in [4.78, 5) is 49.4. The minimum absolute atomic E-state index is 0.265. The second-order valence-electron chi connectivity index (χ2n) is 4.81. The van der Waals surface area contributed by atoms with Crippen molar-refractivity contribution in [3.05, 3.63) is 43.0 Å². The molecule has 14 heteroatoms. The predicted molar refractivity (Wildman–Crippen MR) is 78.9 cm³/mol. The Kier molecular flexibility index (Phi) is 6.87. The number of ether oxygens (including phenoxy) is 1. The Labute approximate surface area is 134 Å². The van der Waals surface area contributed by atoms with Crippen molar-refractivity contribution in [2.45, 2.75) is 31.7 Å². The lowest BCUT2D eigenvalue weighted by Gasteiger charge is -2.14. The summed E-state index contributed by atoms with van der Waals surface area (Å²) in [6.07, 6.45) is 0.329. The maximum absolute atomic E-state index is 11.7. The Balaban J connectivity index is 0.000000505. The summed E-state index contributed by atoms with van der Waals surface area (Å²) >= 11 is 0. The molecular weight excluding hydrogens is 349 g/mol. The Morgan fingerprint density at radius 3 is 2.58 bits per heavy atom. The van der Waals surface area contributed by atoms with E-state index in [0.717, 1.165) is 0 Å². The van der Waals surface area contributed by atoms with E-state index in [2.05, 4.69) is 15.0 Å². The first kappa shape index (κ1) is 20.1. The first-order valence-electron chi connectivity index (χ1n) is 6.47. The number of phosphoric acid groups is 1. The van der Waals surface area contributed by atoms with Crippen LogP contribution in [0, 0.1) is 6.92 Å². The molecule has 1 saturated heterocycles. The number of azide groups is 1. The average Bonchev–Trinajstić information content (AvgIpc) is 2.84. The third-order valence-corrected chi connectivity index (χ3v) is 3.04. The standard InChI is InChI=1S/C10H13N5O4.H3O4P/c1-5-3-15(10(18)12-9(5)17)8-2-6(13-14-11)7(4-16)19-8;1-5(2,3)4/h3,6-8,16H,2,4H2,1H3,(H,12,17,18);(H3,1,2,3,4)/t6?,7-,8-;/m1./s1. The fourth-order valence-electron chi connectivity index (χ4n) is 2.04. The van der Waals surface area contributed by atoms with Gasteiger partial charge in [0.05, 0.1) is 18.8 Å². The lowest BCUT2D eigenvalue weighted by molar-refractivity contribution is -0.0271. The molecule has 1 fully saturated rings. The van der Waals surface area contributed by atoms with E-state index in [-0.39, 0.29) is 13.0 Å². The zero-order valence-corrected chi connectivity index (χ0v) is 13.3. The van der Waals surface area contributed by atoms with Gasteiger partial charge in [0.25, 0.3) is 5.56 Å². The molecule has 0 radical (unpaired) electrons. The van der Waals surface area contributed by atoms with Gasteiger partial charge in [-0.05, 0) is 12.5 Å². The third kappa shape index (κ3) is 5.91. The highest BCUT2D eigenvalue weighted by Gasteiger charge is 2.35. The van der Waals surface area contributed by atoms with E-state index in [1.54, 1.807) is 6.92 Å². The van der Waals surface area contributed by atoms with E-state index in [1.165, 1.54) is 10.8 Å². The van der Waals surface area contributed by atoms with Crippen LogP contribution in [0.4, 0.5) is 0 Å². The van der Waals surface area contributed by atoms with Crippen LogP contribution in [0.15, 0.2) is 20.9 Å². The van der Waals surface area contributed by atoms with Crippen LogP contribution < -0.4 is 11.2 Å². The number of aromatic nitrogens is 2. The summed E-state index contributed by atoms with van der Waals surface area (Å²) in [6, 6.07) is -0.542. The predicted octanol–water partition coefficient (Wildman–Crippen LogP) is -1.12. The summed E-state index contributed by atoms with van der Waals surface area (Å²) in [5, 5.41) is 12.7. The van der Waals surface area contributed by atoms with Crippen molar-refractivity contribution in [2.24, 2.45) is 5.11 Å². The molecule has 1 aromatic rings. The normalized spacial score (nSPS) is 23.1. The number of hydrogen-bond acceptors (Lipinski definition) is 6. The lowest BCUT2D eigenvalue weighted by atomic mass is 10.1. The number of aliphatic hydroxyl groups excluding tert-OH is 1. The van der Waals surface area contributed by atoms with Crippen molar-refractivity contribution in [3.8, 4) is 0 Å². The molecule has 0 aromatic carbocycles. The Bertz CT molecular complexity index is 770. The minimum atomic E-state index is -4.64. The lowest BCUT2D eigenvalue weighted by Crippen LogP contribution is -2.33. The topological polar surface area (TPSA) is 211 Å². The SMILES string of the molecule is Cc1cn([C@H]2CC(N=[N+]=[N-])[C@@H](CO)O2)c(=O)[nH]c1=O.O=P(O)(O)O. The number of aromatic amines is 1. The first-order chi connectivity index (χ1) is 11.1. The van der Waals surface area contributed by atoms with Gasteiger partial charge in [-0.1, -0.05) is 5.11 Å². The summed E-state index contributed by atoms with van der Waals surface area (Å²) in [5.41, 5.74) is 7.76. The average molecular weight is 365 g/mol. The van der Waals surface area contributed by atoms with Crippen molar-refractivity contribution in [1.29, 1.82) is 0 Å². The zero-order chi connectivity index (χ0) is 18.5. The summed E-state index contributed by atoms with van der Waals surface area (Å²) in [6.45, 7) is 1.26. The quantitative estimate of drug-likeness (QED) is 0.191. The molecule has 1 aliphatic rings. The smallest absolute Gasteiger partial charge is 0.394 e. The molecule has 134 valence electrons. The molecule has 13 nitrogen and oxygen atoms in total. The van der Waals surface area contributed by atoms with Crippen molar-refractivity contribution < 1.29 is 29.1 Å². The molecule has 3 atom stereocenters. The highest BCUT2D eigenvalue weighted by molar-refractivity contribution is 7.45. The largest absolute Gasteiger partial charge is 0.466 e. The molecule has 1 aromatic heterocycles. The third-order valence-electron chi connectivity index (χ3n) is 3.04. The maximum atomic E-state index is 11.7. The van der Waals surface area contributed by atoms with E-state index >= 15 is 0 Å². The first-order valence-corrected chi connectivity index (χ1v) is 8.04. The Hall–Kier alpha value is -1.98. The Morgan fingerprint density at radius 1 is 1.50 bits per heavy atom. The summed E-state index contributed by atoms with van der Waals surface area (Å²) in [5.74, 6) is 0. The molecule has 1 aliphatic heterocycles. The monoisotopic (exact) mass is 365 g/mol. The van der Waals surface area contributed by atoms with Crippen molar-refractivity contribution >= 4 is 7.82 Å². The van der Waals surface area contributed by atoms with Gasteiger partial charge in [0.1, 0.15) is 6.23 Å². The maximum Gasteiger partial charge on any atom is 0.466 e. The van der Waals surface area contributed by atoms with Crippen LogP contribution in [-0.2, 0) is 9.30 Å². The molecule has 1 unspecified atom stereocenters. The molecule has 2 heterocycles. The second kappa shape index (κ2) is 8.22. The molecule has 2 rings (SSSR count).